The van der Waals surface area contributed by atoms with E-state index >= 15 is 0 Å². The molecule has 3 rings (SSSR count). The summed E-state index contributed by atoms with van der Waals surface area (Å²) in [5.74, 6) is -1.31. The second-order valence-corrected chi connectivity index (χ2v) is 6.62. The minimum Gasteiger partial charge on any atom is -0.481 e. The highest BCUT2D eigenvalue weighted by Gasteiger charge is 2.29. The van der Waals surface area contributed by atoms with E-state index in [0.29, 0.717) is 31.7 Å². The number of nitrogens with zero attached hydrogens (tertiary/aromatic N) is 2. The number of methoxy groups -OCH3 is 1. The summed E-state index contributed by atoms with van der Waals surface area (Å²) in [6.45, 7) is 4.24. The smallest absolute Gasteiger partial charge is 0.308 e. The van der Waals surface area contributed by atoms with Crippen LogP contribution in [0.4, 0.5) is 0 Å². The zero-order valence-corrected chi connectivity index (χ0v) is 14.0. The van der Waals surface area contributed by atoms with Crippen LogP contribution >= 0.6 is 0 Å². The lowest BCUT2D eigenvalue weighted by Gasteiger charge is -2.30. The van der Waals surface area contributed by atoms with Gasteiger partial charge in [0, 0.05) is 45.4 Å². The molecule has 0 bridgehead atoms. The van der Waals surface area contributed by atoms with Crippen molar-refractivity contribution in [2.45, 2.75) is 25.9 Å². The Balaban J connectivity index is 1.68. The first-order chi connectivity index (χ1) is 11.6. The Labute approximate surface area is 142 Å². The average Bonchev–Trinajstić information content (AvgIpc) is 3.01. The van der Waals surface area contributed by atoms with Crippen LogP contribution in [0.25, 0.3) is 0 Å². The van der Waals surface area contributed by atoms with Gasteiger partial charge >= 0.3 is 5.97 Å². The topological polar surface area (TPSA) is 70.1 Å². The Morgan fingerprint density at radius 2 is 2.08 bits per heavy atom. The predicted octanol–water partition coefficient (Wildman–Crippen LogP) is 1.59. The quantitative estimate of drug-likeness (QED) is 0.887. The molecular formula is C18H24N2O4. The molecular weight excluding hydrogens is 308 g/mol. The Hall–Kier alpha value is -1.92. The maximum absolute atomic E-state index is 12.7. The summed E-state index contributed by atoms with van der Waals surface area (Å²) in [5.41, 5.74) is 3.10. The fourth-order valence-electron chi connectivity index (χ4n) is 3.52. The molecule has 6 nitrogen and oxygen atoms in total. The molecule has 130 valence electrons. The van der Waals surface area contributed by atoms with Gasteiger partial charge in [-0.15, -0.1) is 0 Å². The molecule has 1 atom stereocenters. The molecule has 1 aromatic carbocycles. The number of carbonyl (C=O) groups excluding carboxylic acids is 1. The zero-order chi connectivity index (χ0) is 17.1. The maximum atomic E-state index is 12.7. The molecule has 1 N–H and O–H groups in total. The highest BCUT2D eigenvalue weighted by atomic mass is 16.5. The minimum absolute atomic E-state index is 0.0564. The lowest BCUT2D eigenvalue weighted by atomic mass is 9.97. The standard InChI is InChI=1S/C18H24N2O4/c1-24-8-7-19-10-14-5-4-13(9-16(14)11-19)17(21)20-6-2-3-15(12-20)18(22)23/h4-5,9,15H,2-3,6-8,10-12H2,1H3,(H,22,23). The number of carboxylic acids is 1. The number of piperidine rings is 1. The van der Waals surface area contributed by atoms with Crippen molar-refractivity contribution in [3.63, 3.8) is 0 Å². The van der Waals surface area contributed by atoms with Crippen molar-refractivity contribution in [2.75, 3.05) is 33.4 Å². The molecule has 1 saturated heterocycles. The van der Waals surface area contributed by atoms with Crippen LogP contribution in [0.5, 0.6) is 0 Å². The number of hydrogen-bond donors (Lipinski definition) is 1. The van der Waals surface area contributed by atoms with E-state index in [2.05, 4.69) is 4.90 Å². The van der Waals surface area contributed by atoms with Gasteiger partial charge in [-0.25, -0.2) is 0 Å². The zero-order valence-electron chi connectivity index (χ0n) is 14.0. The van der Waals surface area contributed by atoms with Gasteiger partial charge in [-0.3, -0.25) is 14.5 Å². The molecule has 2 aliphatic rings. The van der Waals surface area contributed by atoms with E-state index in [9.17, 15) is 14.7 Å². The van der Waals surface area contributed by atoms with Crippen molar-refractivity contribution in [2.24, 2.45) is 5.92 Å². The van der Waals surface area contributed by atoms with Crippen molar-refractivity contribution < 1.29 is 19.4 Å². The molecule has 2 heterocycles. The van der Waals surface area contributed by atoms with Crippen molar-refractivity contribution in [1.82, 2.24) is 9.80 Å². The highest BCUT2D eigenvalue weighted by molar-refractivity contribution is 5.95. The molecule has 2 aliphatic heterocycles. The third-order valence-electron chi connectivity index (χ3n) is 4.91. The summed E-state index contributed by atoms with van der Waals surface area (Å²) < 4.78 is 5.12. The van der Waals surface area contributed by atoms with E-state index in [0.717, 1.165) is 26.1 Å². The van der Waals surface area contributed by atoms with Crippen LogP contribution in [0.1, 0.15) is 34.3 Å². The van der Waals surface area contributed by atoms with Gasteiger partial charge in [-0.2, -0.15) is 0 Å². The van der Waals surface area contributed by atoms with E-state index in [-0.39, 0.29) is 5.91 Å². The van der Waals surface area contributed by atoms with Gasteiger partial charge in [-0.05, 0) is 36.1 Å². The SMILES string of the molecule is COCCN1Cc2ccc(C(=O)N3CCCC(C(=O)O)C3)cc2C1. The summed E-state index contributed by atoms with van der Waals surface area (Å²) in [4.78, 5) is 27.9. The van der Waals surface area contributed by atoms with Crippen LogP contribution in [-0.2, 0) is 22.6 Å². The molecule has 0 saturated carbocycles. The van der Waals surface area contributed by atoms with E-state index in [1.165, 1.54) is 11.1 Å². The number of rotatable bonds is 5. The largest absolute Gasteiger partial charge is 0.481 e. The van der Waals surface area contributed by atoms with Gasteiger partial charge in [-0.1, -0.05) is 6.07 Å². The summed E-state index contributed by atoms with van der Waals surface area (Å²) in [6.07, 6.45) is 1.40. The maximum Gasteiger partial charge on any atom is 0.308 e. The third-order valence-corrected chi connectivity index (χ3v) is 4.91. The van der Waals surface area contributed by atoms with Crippen molar-refractivity contribution in [1.29, 1.82) is 0 Å². The summed E-state index contributed by atoms with van der Waals surface area (Å²) >= 11 is 0. The number of benzene rings is 1. The molecule has 0 spiro atoms. The number of aliphatic carboxylic acids is 1. The number of carboxylic acid groups (broad SMARTS) is 1. The Bertz CT molecular complexity index is 631. The normalized spacial score (nSPS) is 20.9. The molecule has 1 fully saturated rings. The fraction of sp³-hybridized carbons (Fsp3) is 0.556. The summed E-state index contributed by atoms with van der Waals surface area (Å²) in [6, 6.07) is 5.86. The predicted molar refractivity (Wildman–Crippen MR) is 88.7 cm³/mol. The van der Waals surface area contributed by atoms with Gasteiger partial charge in [0.05, 0.1) is 12.5 Å². The van der Waals surface area contributed by atoms with Crippen LogP contribution in [0.3, 0.4) is 0 Å². The van der Waals surface area contributed by atoms with E-state index < -0.39 is 11.9 Å². The number of amides is 1. The first-order valence-electron chi connectivity index (χ1n) is 8.43. The molecule has 1 aromatic rings. The monoisotopic (exact) mass is 332 g/mol. The van der Waals surface area contributed by atoms with Crippen LogP contribution in [-0.4, -0.2) is 60.1 Å². The fourth-order valence-corrected chi connectivity index (χ4v) is 3.52. The van der Waals surface area contributed by atoms with Gasteiger partial charge in [0.25, 0.3) is 5.91 Å². The molecule has 0 radical (unpaired) electrons. The van der Waals surface area contributed by atoms with E-state index in [4.69, 9.17) is 4.74 Å². The number of carbonyl (C=O) groups is 2. The molecule has 0 aliphatic carbocycles. The molecule has 1 unspecified atom stereocenters. The molecule has 0 aromatic heterocycles. The van der Waals surface area contributed by atoms with Crippen molar-refractivity contribution in [3.8, 4) is 0 Å². The van der Waals surface area contributed by atoms with Crippen LogP contribution in [0.2, 0.25) is 0 Å². The van der Waals surface area contributed by atoms with Gasteiger partial charge in [0.1, 0.15) is 0 Å². The van der Waals surface area contributed by atoms with Gasteiger partial charge < -0.3 is 14.7 Å². The second kappa shape index (κ2) is 7.32. The number of likely N-dealkylation sites (tertiary alicyclic amines) is 1. The minimum atomic E-state index is -0.810. The van der Waals surface area contributed by atoms with E-state index in [1.54, 1.807) is 12.0 Å². The molecule has 6 heteroatoms. The number of hydrogen-bond acceptors (Lipinski definition) is 4. The lowest BCUT2D eigenvalue weighted by Crippen LogP contribution is -2.42. The Morgan fingerprint density at radius 1 is 1.29 bits per heavy atom. The Morgan fingerprint density at radius 3 is 2.83 bits per heavy atom. The van der Waals surface area contributed by atoms with Crippen LogP contribution in [0.15, 0.2) is 18.2 Å². The van der Waals surface area contributed by atoms with Crippen molar-refractivity contribution in [3.05, 3.63) is 34.9 Å². The second-order valence-electron chi connectivity index (χ2n) is 6.62. The first kappa shape index (κ1) is 16.9. The average molecular weight is 332 g/mol. The highest BCUT2D eigenvalue weighted by Crippen LogP contribution is 2.25. The number of fused-ring (bicyclic) bond motifs is 1. The molecule has 1 amide bonds. The number of ether oxygens (including phenoxy) is 1. The van der Waals surface area contributed by atoms with Crippen LogP contribution < -0.4 is 0 Å². The van der Waals surface area contributed by atoms with Gasteiger partial charge in [0.15, 0.2) is 0 Å². The first-order valence-corrected chi connectivity index (χ1v) is 8.43. The lowest BCUT2D eigenvalue weighted by molar-refractivity contribution is -0.143. The van der Waals surface area contributed by atoms with Gasteiger partial charge in [0.2, 0.25) is 0 Å². The Kier molecular flexibility index (Phi) is 5.16. The summed E-state index contributed by atoms with van der Waals surface area (Å²) in [7, 11) is 1.70. The van der Waals surface area contributed by atoms with Crippen molar-refractivity contribution >= 4 is 11.9 Å². The molecule has 24 heavy (non-hydrogen) atoms. The van der Waals surface area contributed by atoms with Crippen LogP contribution in [0, 0.1) is 5.92 Å². The third kappa shape index (κ3) is 3.60. The van der Waals surface area contributed by atoms with E-state index in [1.807, 2.05) is 18.2 Å². The summed E-state index contributed by atoms with van der Waals surface area (Å²) in [5, 5.41) is 9.18.